The Balaban J connectivity index is 1.55. The van der Waals surface area contributed by atoms with Gasteiger partial charge in [-0.2, -0.15) is 4.98 Å². The lowest BCUT2D eigenvalue weighted by Crippen LogP contribution is -2.31. The molecule has 26 heavy (non-hydrogen) atoms. The van der Waals surface area contributed by atoms with Gasteiger partial charge in [0.05, 0.1) is 5.69 Å². The third-order valence-electron chi connectivity index (χ3n) is 4.82. The van der Waals surface area contributed by atoms with E-state index in [9.17, 15) is 0 Å². The first kappa shape index (κ1) is 16.5. The average Bonchev–Trinajstić information content (AvgIpc) is 2.64. The van der Waals surface area contributed by atoms with Gasteiger partial charge in [-0.3, -0.25) is 4.90 Å². The molecule has 1 aromatic heterocycles. The Kier molecular flexibility index (Phi) is 4.54. The number of nitrogens with one attached hydrogen (secondary N) is 1. The van der Waals surface area contributed by atoms with Crippen molar-refractivity contribution in [1.82, 2.24) is 14.9 Å². The molecule has 0 radical (unpaired) electrons. The molecule has 4 rings (SSSR count). The number of hydrogen-bond donors (Lipinski definition) is 2. The fourth-order valence-electron chi connectivity index (χ4n) is 3.38. The van der Waals surface area contributed by atoms with Crippen LogP contribution in [0, 0.1) is 6.92 Å². The summed E-state index contributed by atoms with van der Waals surface area (Å²) in [6.45, 7) is 4.75. The number of nitrogens with zero attached hydrogens (tertiary/aromatic N) is 3. The third-order valence-corrected chi connectivity index (χ3v) is 4.82. The van der Waals surface area contributed by atoms with Crippen LogP contribution in [0.4, 0.5) is 17.5 Å². The zero-order valence-corrected chi connectivity index (χ0v) is 14.9. The van der Waals surface area contributed by atoms with Gasteiger partial charge in [-0.1, -0.05) is 48.5 Å². The molecule has 2 heterocycles. The van der Waals surface area contributed by atoms with E-state index < -0.39 is 0 Å². The Morgan fingerprint density at radius 2 is 1.81 bits per heavy atom. The van der Waals surface area contributed by atoms with Crippen LogP contribution in [0.3, 0.4) is 0 Å². The summed E-state index contributed by atoms with van der Waals surface area (Å²) < 4.78 is 0. The number of para-hydroxylation sites is 1. The molecule has 2 aromatic carbocycles. The molecule has 3 aromatic rings. The first-order valence-electron chi connectivity index (χ1n) is 8.93. The molecule has 1 aliphatic heterocycles. The Labute approximate surface area is 153 Å². The van der Waals surface area contributed by atoms with Crippen molar-refractivity contribution in [2.24, 2.45) is 0 Å². The fourth-order valence-corrected chi connectivity index (χ4v) is 3.38. The topological polar surface area (TPSA) is 67.1 Å². The van der Waals surface area contributed by atoms with Crippen LogP contribution in [0.2, 0.25) is 0 Å². The molecule has 0 bridgehead atoms. The van der Waals surface area contributed by atoms with Crippen LogP contribution in [0.1, 0.15) is 22.4 Å². The summed E-state index contributed by atoms with van der Waals surface area (Å²) in [5, 5.41) is 3.31. The van der Waals surface area contributed by atoms with Crippen molar-refractivity contribution in [3.63, 3.8) is 0 Å². The molecule has 0 saturated carbocycles. The number of nitrogens with two attached hydrogens (primary N) is 1. The Morgan fingerprint density at radius 1 is 1.04 bits per heavy atom. The minimum absolute atomic E-state index is 0.567. The number of nitrogen functional groups attached to an aromatic ring is 1. The van der Waals surface area contributed by atoms with Gasteiger partial charge < -0.3 is 11.1 Å². The molecule has 0 unspecified atom stereocenters. The predicted molar refractivity (Wildman–Crippen MR) is 105 cm³/mol. The number of benzene rings is 2. The molecule has 0 atom stereocenters. The maximum absolute atomic E-state index is 6.22. The molecular formula is C21H23N5. The van der Waals surface area contributed by atoms with E-state index in [1.165, 1.54) is 5.56 Å². The van der Waals surface area contributed by atoms with Crippen molar-refractivity contribution in [1.29, 1.82) is 0 Å². The summed E-state index contributed by atoms with van der Waals surface area (Å²) >= 11 is 0. The molecule has 0 fully saturated rings. The summed E-state index contributed by atoms with van der Waals surface area (Å²) in [6, 6.07) is 18.6. The van der Waals surface area contributed by atoms with Crippen LogP contribution in [0.5, 0.6) is 0 Å². The Morgan fingerprint density at radius 3 is 2.62 bits per heavy atom. The van der Waals surface area contributed by atoms with Gasteiger partial charge in [0.15, 0.2) is 0 Å². The second-order valence-corrected chi connectivity index (χ2v) is 6.74. The summed E-state index contributed by atoms with van der Waals surface area (Å²) in [7, 11) is 0. The second-order valence-electron chi connectivity index (χ2n) is 6.74. The lowest BCUT2D eigenvalue weighted by atomic mass is 10.0. The Hall–Kier alpha value is -2.92. The molecule has 0 saturated heterocycles. The molecule has 3 N–H and O–H groups in total. The maximum Gasteiger partial charge on any atom is 0.229 e. The van der Waals surface area contributed by atoms with Crippen molar-refractivity contribution < 1.29 is 0 Å². The van der Waals surface area contributed by atoms with Crippen LogP contribution >= 0.6 is 0 Å². The number of rotatable bonds is 4. The van der Waals surface area contributed by atoms with Crippen molar-refractivity contribution in [2.45, 2.75) is 26.4 Å². The molecule has 0 amide bonds. The monoisotopic (exact) mass is 345 g/mol. The van der Waals surface area contributed by atoms with Crippen molar-refractivity contribution in [3.05, 3.63) is 77.0 Å². The molecule has 1 aliphatic rings. The number of fused-ring (bicyclic) bond motifs is 1. The van der Waals surface area contributed by atoms with Gasteiger partial charge in [0, 0.05) is 30.9 Å². The van der Waals surface area contributed by atoms with E-state index >= 15 is 0 Å². The van der Waals surface area contributed by atoms with Gasteiger partial charge >= 0.3 is 0 Å². The lowest BCUT2D eigenvalue weighted by molar-refractivity contribution is 0.241. The van der Waals surface area contributed by atoms with E-state index in [4.69, 9.17) is 10.7 Å². The van der Waals surface area contributed by atoms with E-state index in [-0.39, 0.29) is 0 Å². The van der Waals surface area contributed by atoms with Gasteiger partial charge in [0.25, 0.3) is 0 Å². The van der Waals surface area contributed by atoms with Crippen LogP contribution in [0.15, 0.2) is 54.6 Å². The Bertz CT molecular complexity index is 908. The quantitative estimate of drug-likeness (QED) is 0.755. The molecule has 5 heteroatoms. The van der Waals surface area contributed by atoms with E-state index in [0.717, 1.165) is 48.6 Å². The van der Waals surface area contributed by atoms with Crippen LogP contribution < -0.4 is 11.1 Å². The lowest BCUT2D eigenvalue weighted by Gasteiger charge is -2.28. The van der Waals surface area contributed by atoms with Crippen molar-refractivity contribution in [2.75, 3.05) is 17.6 Å². The summed E-state index contributed by atoms with van der Waals surface area (Å²) in [4.78, 5) is 11.6. The zero-order chi connectivity index (χ0) is 17.9. The van der Waals surface area contributed by atoms with Gasteiger partial charge in [-0.25, -0.2) is 4.98 Å². The minimum Gasteiger partial charge on any atom is -0.383 e. The van der Waals surface area contributed by atoms with Gasteiger partial charge in [0.1, 0.15) is 5.82 Å². The van der Waals surface area contributed by atoms with Crippen molar-refractivity contribution >= 4 is 17.5 Å². The SMILES string of the molecule is Cc1ccccc1Nc1nc(N)c2c(n1)CN(Cc1ccccc1)CC2. The first-order valence-corrected chi connectivity index (χ1v) is 8.93. The maximum atomic E-state index is 6.22. The van der Waals surface area contributed by atoms with Crippen LogP contribution in [-0.2, 0) is 19.5 Å². The number of aryl methyl sites for hydroxylation is 1. The van der Waals surface area contributed by atoms with Crippen LogP contribution in [-0.4, -0.2) is 21.4 Å². The average molecular weight is 345 g/mol. The highest BCUT2D eigenvalue weighted by atomic mass is 15.2. The molecule has 132 valence electrons. The second kappa shape index (κ2) is 7.14. The van der Waals surface area contributed by atoms with Crippen molar-refractivity contribution in [3.8, 4) is 0 Å². The van der Waals surface area contributed by atoms with Gasteiger partial charge in [-0.15, -0.1) is 0 Å². The molecular weight excluding hydrogens is 322 g/mol. The summed E-state index contributed by atoms with van der Waals surface area (Å²) in [6.07, 6.45) is 0.888. The van der Waals surface area contributed by atoms with Gasteiger partial charge in [0.2, 0.25) is 5.95 Å². The van der Waals surface area contributed by atoms with E-state index in [2.05, 4.69) is 52.5 Å². The van der Waals surface area contributed by atoms with E-state index in [0.29, 0.717) is 11.8 Å². The normalized spacial score (nSPS) is 14.0. The molecule has 0 aliphatic carbocycles. The largest absolute Gasteiger partial charge is 0.383 e. The zero-order valence-electron chi connectivity index (χ0n) is 14.9. The predicted octanol–water partition coefficient (Wildman–Crippen LogP) is 3.67. The fraction of sp³-hybridized carbons (Fsp3) is 0.238. The minimum atomic E-state index is 0.567. The standard InChI is InChI=1S/C21H23N5/c1-15-7-5-6-10-18(15)23-21-24-19-14-26(12-11-17(19)20(22)25-21)13-16-8-3-2-4-9-16/h2-10H,11-14H2,1H3,(H3,22,23,24,25). The van der Waals surface area contributed by atoms with Crippen LogP contribution in [0.25, 0.3) is 0 Å². The highest BCUT2D eigenvalue weighted by Gasteiger charge is 2.21. The highest BCUT2D eigenvalue weighted by Crippen LogP contribution is 2.26. The smallest absolute Gasteiger partial charge is 0.229 e. The number of aromatic nitrogens is 2. The van der Waals surface area contributed by atoms with E-state index in [1.54, 1.807) is 0 Å². The third kappa shape index (κ3) is 3.53. The van der Waals surface area contributed by atoms with Gasteiger partial charge in [-0.05, 0) is 30.5 Å². The molecule has 5 nitrogen and oxygen atoms in total. The number of hydrogen-bond acceptors (Lipinski definition) is 5. The van der Waals surface area contributed by atoms with E-state index in [1.807, 2.05) is 24.3 Å². The first-order chi connectivity index (χ1) is 12.7. The summed E-state index contributed by atoms with van der Waals surface area (Å²) in [5.74, 6) is 1.16. The highest BCUT2D eigenvalue weighted by molar-refractivity contribution is 5.60. The number of anilines is 3. The summed E-state index contributed by atoms with van der Waals surface area (Å²) in [5.41, 5.74) is 11.8. The molecule has 0 spiro atoms.